The molecule has 2 fully saturated rings. The molecule has 2 aliphatic rings. The highest BCUT2D eigenvalue weighted by Gasteiger charge is 2.26. The molecule has 0 bridgehead atoms. The SMILES string of the molecule is O=S1(=O)CCC(C#Cc2cnc(Cl)cc2NC2CCC(CO)CC2)C1. The van der Waals surface area contributed by atoms with Gasteiger partial charge in [-0.15, -0.1) is 0 Å². The zero-order valence-corrected chi connectivity index (χ0v) is 15.6. The van der Waals surface area contributed by atoms with Crippen molar-refractivity contribution in [1.29, 1.82) is 0 Å². The van der Waals surface area contributed by atoms with Crippen molar-refractivity contribution >= 4 is 27.1 Å². The number of anilines is 1. The monoisotopic (exact) mass is 382 g/mol. The van der Waals surface area contributed by atoms with E-state index >= 15 is 0 Å². The summed E-state index contributed by atoms with van der Waals surface area (Å²) in [6.45, 7) is 0.259. The largest absolute Gasteiger partial charge is 0.396 e. The Kier molecular flexibility index (Phi) is 5.88. The van der Waals surface area contributed by atoms with Crippen molar-refractivity contribution in [3.05, 3.63) is 23.0 Å². The molecule has 1 aromatic heterocycles. The van der Waals surface area contributed by atoms with Crippen LogP contribution in [0.4, 0.5) is 5.69 Å². The number of nitrogens with zero attached hydrogens (tertiary/aromatic N) is 1. The van der Waals surface area contributed by atoms with Gasteiger partial charge in [0.2, 0.25) is 0 Å². The van der Waals surface area contributed by atoms with Gasteiger partial charge in [-0.05, 0) is 44.1 Å². The molecule has 7 heteroatoms. The molecule has 0 spiro atoms. The minimum absolute atomic E-state index is 0.103. The summed E-state index contributed by atoms with van der Waals surface area (Å²) in [5.74, 6) is 6.85. The Morgan fingerprint density at radius 2 is 2.04 bits per heavy atom. The molecule has 1 aromatic rings. The Labute approximate surface area is 154 Å². The van der Waals surface area contributed by atoms with Crippen molar-refractivity contribution in [2.45, 2.75) is 38.1 Å². The Morgan fingerprint density at radius 1 is 1.28 bits per heavy atom. The molecule has 5 nitrogen and oxygen atoms in total. The highest BCUT2D eigenvalue weighted by molar-refractivity contribution is 7.91. The molecule has 1 unspecified atom stereocenters. The molecule has 0 aromatic carbocycles. The molecule has 136 valence electrons. The van der Waals surface area contributed by atoms with Crippen LogP contribution in [-0.4, -0.2) is 42.7 Å². The first-order valence-corrected chi connectivity index (χ1v) is 10.9. The lowest BCUT2D eigenvalue weighted by Gasteiger charge is -2.29. The Bertz CT molecular complexity index is 777. The third-order valence-corrected chi connectivity index (χ3v) is 6.95. The first-order chi connectivity index (χ1) is 11.9. The zero-order valence-electron chi connectivity index (χ0n) is 14.0. The summed E-state index contributed by atoms with van der Waals surface area (Å²) in [4.78, 5) is 4.10. The van der Waals surface area contributed by atoms with E-state index in [2.05, 4.69) is 22.1 Å². The van der Waals surface area contributed by atoms with Gasteiger partial charge in [-0.1, -0.05) is 23.4 Å². The third-order valence-electron chi connectivity index (χ3n) is 4.98. The van der Waals surface area contributed by atoms with Gasteiger partial charge in [0.15, 0.2) is 9.84 Å². The molecule has 1 atom stereocenters. The van der Waals surface area contributed by atoms with Crippen LogP contribution in [0.15, 0.2) is 12.3 Å². The quantitative estimate of drug-likeness (QED) is 0.620. The van der Waals surface area contributed by atoms with Crippen molar-refractivity contribution in [1.82, 2.24) is 4.98 Å². The van der Waals surface area contributed by atoms with Crippen molar-refractivity contribution in [3.8, 4) is 11.8 Å². The third kappa shape index (κ3) is 5.10. The molecule has 3 rings (SSSR count). The molecule has 1 aliphatic carbocycles. The van der Waals surface area contributed by atoms with Gasteiger partial charge in [-0.25, -0.2) is 13.4 Å². The summed E-state index contributed by atoms with van der Waals surface area (Å²) in [6.07, 6.45) is 6.25. The van der Waals surface area contributed by atoms with Gasteiger partial charge < -0.3 is 10.4 Å². The van der Waals surface area contributed by atoms with E-state index in [1.165, 1.54) is 0 Å². The summed E-state index contributed by atoms with van der Waals surface area (Å²) in [5, 5.41) is 13.2. The van der Waals surface area contributed by atoms with Crippen molar-refractivity contribution in [2.24, 2.45) is 11.8 Å². The zero-order chi connectivity index (χ0) is 17.9. The Balaban J connectivity index is 1.71. The minimum atomic E-state index is -2.92. The molecule has 1 saturated heterocycles. The van der Waals surface area contributed by atoms with E-state index in [4.69, 9.17) is 11.6 Å². The van der Waals surface area contributed by atoms with Crippen LogP contribution in [0.5, 0.6) is 0 Å². The normalized spacial score (nSPS) is 28.2. The highest BCUT2D eigenvalue weighted by atomic mass is 35.5. The molecule has 0 radical (unpaired) electrons. The predicted octanol–water partition coefficient (Wildman–Crippen LogP) is 2.48. The second-order valence-electron chi connectivity index (χ2n) is 6.97. The van der Waals surface area contributed by atoms with Crippen molar-refractivity contribution in [3.63, 3.8) is 0 Å². The highest BCUT2D eigenvalue weighted by Crippen LogP contribution is 2.28. The molecular weight excluding hydrogens is 360 g/mol. The van der Waals surface area contributed by atoms with E-state index in [-0.39, 0.29) is 24.0 Å². The van der Waals surface area contributed by atoms with Crippen LogP contribution in [0.3, 0.4) is 0 Å². The van der Waals surface area contributed by atoms with E-state index in [0.717, 1.165) is 36.9 Å². The van der Waals surface area contributed by atoms with E-state index in [9.17, 15) is 13.5 Å². The number of hydrogen-bond acceptors (Lipinski definition) is 5. The maximum atomic E-state index is 11.6. The maximum absolute atomic E-state index is 11.6. The fourth-order valence-electron chi connectivity index (χ4n) is 3.45. The number of sulfone groups is 1. The van der Waals surface area contributed by atoms with Gasteiger partial charge in [0, 0.05) is 24.8 Å². The number of aliphatic hydroxyl groups is 1. The van der Waals surface area contributed by atoms with Gasteiger partial charge in [-0.3, -0.25) is 0 Å². The minimum Gasteiger partial charge on any atom is -0.396 e. The smallest absolute Gasteiger partial charge is 0.151 e. The van der Waals surface area contributed by atoms with E-state index in [1.807, 2.05) is 0 Å². The summed E-state index contributed by atoms with van der Waals surface area (Å²) >= 11 is 6.03. The number of halogens is 1. The average Bonchev–Trinajstić information content (AvgIpc) is 2.94. The number of aromatic nitrogens is 1. The number of nitrogens with one attached hydrogen (secondary N) is 1. The first kappa shape index (κ1) is 18.5. The van der Waals surface area contributed by atoms with E-state index < -0.39 is 9.84 Å². The van der Waals surface area contributed by atoms with Gasteiger partial charge >= 0.3 is 0 Å². The van der Waals surface area contributed by atoms with Crippen LogP contribution in [0.25, 0.3) is 0 Å². The van der Waals surface area contributed by atoms with Gasteiger partial charge in [0.05, 0.1) is 22.8 Å². The lowest BCUT2D eigenvalue weighted by atomic mass is 9.86. The predicted molar refractivity (Wildman–Crippen MR) is 99.3 cm³/mol. The number of aliphatic hydroxyl groups excluding tert-OH is 1. The van der Waals surface area contributed by atoms with Crippen LogP contribution >= 0.6 is 11.6 Å². The second-order valence-corrected chi connectivity index (χ2v) is 9.58. The van der Waals surface area contributed by atoms with E-state index in [0.29, 0.717) is 23.5 Å². The van der Waals surface area contributed by atoms with Crippen molar-refractivity contribution < 1.29 is 13.5 Å². The average molecular weight is 383 g/mol. The van der Waals surface area contributed by atoms with Crippen LogP contribution in [0, 0.1) is 23.7 Å². The van der Waals surface area contributed by atoms with E-state index in [1.54, 1.807) is 12.3 Å². The lowest BCUT2D eigenvalue weighted by molar-refractivity contribution is 0.186. The van der Waals surface area contributed by atoms with Crippen LogP contribution in [0.2, 0.25) is 5.15 Å². The Hall–Kier alpha value is -1.29. The second kappa shape index (κ2) is 7.94. The molecule has 2 heterocycles. The summed E-state index contributed by atoms with van der Waals surface area (Å²) in [5.41, 5.74) is 1.60. The topological polar surface area (TPSA) is 79.3 Å². The van der Waals surface area contributed by atoms with Gasteiger partial charge in [0.25, 0.3) is 0 Å². The molecule has 25 heavy (non-hydrogen) atoms. The number of pyridine rings is 1. The van der Waals surface area contributed by atoms with Crippen LogP contribution < -0.4 is 5.32 Å². The molecule has 0 amide bonds. The summed E-state index contributed by atoms with van der Waals surface area (Å²) in [6, 6.07) is 2.10. The van der Waals surface area contributed by atoms with Crippen LogP contribution in [-0.2, 0) is 9.84 Å². The lowest BCUT2D eigenvalue weighted by Crippen LogP contribution is -2.27. The molecule has 1 saturated carbocycles. The summed E-state index contributed by atoms with van der Waals surface area (Å²) in [7, 11) is -2.92. The standard InChI is InChI=1S/C18H23ClN2O3S/c19-18-9-17(21-16-5-2-13(11-22)3-6-16)15(10-20-18)4-1-14-7-8-25(23,24)12-14/h9-10,13-14,16,22H,2-3,5-8,11-12H2,(H,20,21). The fraction of sp³-hybridized carbons (Fsp3) is 0.611. The van der Waals surface area contributed by atoms with Gasteiger partial charge in [-0.2, -0.15) is 0 Å². The Morgan fingerprint density at radius 3 is 2.68 bits per heavy atom. The maximum Gasteiger partial charge on any atom is 0.151 e. The summed E-state index contributed by atoms with van der Waals surface area (Å²) < 4.78 is 23.1. The first-order valence-electron chi connectivity index (χ1n) is 8.70. The number of hydrogen-bond donors (Lipinski definition) is 2. The fourth-order valence-corrected chi connectivity index (χ4v) is 5.28. The van der Waals surface area contributed by atoms with Crippen molar-refractivity contribution in [2.75, 3.05) is 23.4 Å². The van der Waals surface area contributed by atoms with Crippen LogP contribution in [0.1, 0.15) is 37.7 Å². The number of rotatable bonds is 3. The molecule has 1 aliphatic heterocycles. The molecular formula is C18H23ClN2O3S. The molecule has 2 N–H and O–H groups in total. The van der Waals surface area contributed by atoms with Gasteiger partial charge in [0.1, 0.15) is 5.15 Å².